The van der Waals surface area contributed by atoms with Gasteiger partial charge in [-0.05, 0) is 19.3 Å². The number of carbonyl (C=O) groups excluding carboxylic acids is 2. The number of nitrogens with two attached hydrogens (primary N) is 1. The number of primary amides is 1. The Kier molecular flexibility index (Phi) is 4.08. The van der Waals surface area contributed by atoms with Crippen molar-refractivity contribution in [2.75, 3.05) is 13.7 Å². The summed E-state index contributed by atoms with van der Waals surface area (Å²) in [6.07, 6.45) is 1.66. The van der Waals surface area contributed by atoms with Crippen LogP contribution in [0.25, 0.3) is 0 Å². The van der Waals surface area contributed by atoms with Crippen molar-refractivity contribution in [3.63, 3.8) is 0 Å². The van der Waals surface area contributed by atoms with E-state index in [9.17, 15) is 9.59 Å². The number of rotatable bonds is 4. The number of amides is 2. The number of nitrogens with zero attached hydrogens (tertiary/aromatic N) is 1. The van der Waals surface area contributed by atoms with E-state index in [1.807, 2.05) is 6.92 Å². The first kappa shape index (κ1) is 12.0. The van der Waals surface area contributed by atoms with Crippen LogP contribution in [0.5, 0.6) is 0 Å². The minimum atomic E-state index is -0.454. The second kappa shape index (κ2) is 5.11. The Labute approximate surface area is 89.6 Å². The van der Waals surface area contributed by atoms with Gasteiger partial charge >= 0.3 is 0 Å². The zero-order valence-electron chi connectivity index (χ0n) is 9.23. The van der Waals surface area contributed by atoms with Crippen LogP contribution in [0, 0.1) is 0 Å². The predicted octanol–water partition coefficient (Wildman–Crippen LogP) is -0.112. The van der Waals surface area contributed by atoms with Gasteiger partial charge in [0.15, 0.2) is 0 Å². The fraction of sp³-hybridized carbons (Fsp3) is 0.800. The molecule has 1 rings (SSSR count). The molecule has 1 heterocycles. The maximum atomic E-state index is 11.9. The van der Waals surface area contributed by atoms with Crippen LogP contribution in [-0.2, 0) is 14.3 Å². The molecular formula is C10H18N2O3. The molecule has 2 atom stereocenters. The van der Waals surface area contributed by atoms with Crippen molar-refractivity contribution in [1.29, 1.82) is 0 Å². The molecule has 5 nitrogen and oxygen atoms in total. The average Bonchev–Trinajstić information content (AvgIpc) is 2.67. The summed E-state index contributed by atoms with van der Waals surface area (Å²) in [7, 11) is 1.50. The lowest BCUT2D eigenvalue weighted by Gasteiger charge is -2.25. The van der Waals surface area contributed by atoms with E-state index in [1.165, 1.54) is 7.11 Å². The average molecular weight is 214 g/mol. The van der Waals surface area contributed by atoms with Gasteiger partial charge in [0, 0.05) is 13.7 Å². The molecule has 0 saturated carbocycles. The molecule has 0 aromatic rings. The second-order valence-electron chi connectivity index (χ2n) is 3.72. The molecule has 0 spiro atoms. The first-order chi connectivity index (χ1) is 7.11. The third-order valence-electron chi connectivity index (χ3n) is 2.80. The van der Waals surface area contributed by atoms with E-state index < -0.39 is 18.1 Å². The molecule has 2 N–H and O–H groups in total. The topological polar surface area (TPSA) is 72.6 Å². The van der Waals surface area contributed by atoms with Crippen molar-refractivity contribution in [2.45, 2.75) is 38.3 Å². The lowest BCUT2D eigenvalue weighted by atomic mass is 10.2. The monoisotopic (exact) mass is 214 g/mol. The summed E-state index contributed by atoms with van der Waals surface area (Å²) < 4.78 is 5.06. The van der Waals surface area contributed by atoms with E-state index in [4.69, 9.17) is 10.5 Å². The smallest absolute Gasteiger partial charge is 0.252 e. The minimum absolute atomic E-state index is 0.124. The van der Waals surface area contributed by atoms with Crippen LogP contribution in [0.3, 0.4) is 0 Å². The molecule has 2 unspecified atom stereocenters. The van der Waals surface area contributed by atoms with Crippen LogP contribution in [0.4, 0.5) is 0 Å². The fourth-order valence-electron chi connectivity index (χ4n) is 1.95. The number of likely N-dealkylation sites (tertiary alicyclic amines) is 1. The highest BCUT2D eigenvalue weighted by Crippen LogP contribution is 2.19. The maximum absolute atomic E-state index is 11.9. The summed E-state index contributed by atoms with van der Waals surface area (Å²) in [5.74, 6) is -0.548. The number of carbonyl (C=O) groups is 2. The lowest BCUT2D eigenvalue weighted by Crippen LogP contribution is -2.48. The van der Waals surface area contributed by atoms with Gasteiger partial charge < -0.3 is 15.4 Å². The zero-order valence-corrected chi connectivity index (χ0v) is 9.23. The number of ether oxygens (including phenoxy) is 1. The lowest BCUT2D eigenvalue weighted by molar-refractivity contribution is -0.146. The summed E-state index contributed by atoms with van der Waals surface area (Å²) in [6, 6.07) is -0.443. The van der Waals surface area contributed by atoms with Crippen molar-refractivity contribution in [3.05, 3.63) is 0 Å². The molecule has 1 aliphatic rings. The van der Waals surface area contributed by atoms with Crippen LogP contribution in [0.2, 0.25) is 0 Å². The third-order valence-corrected chi connectivity index (χ3v) is 2.80. The summed E-state index contributed by atoms with van der Waals surface area (Å²) in [5.41, 5.74) is 5.24. The Hall–Kier alpha value is -1.10. The summed E-state index contributed by atoms with van der Waals surface area (Å²) in [5, 5.41) is 0. The van der Waals surface area contributed by atoms with Gasteiger partial charge in [0.1, 0.15) is 12.1 Å². The van der Waals surface area contributed by atoms with Crippen LogP contribution in [0.1, 0.15) is 26.2 Å². The van der Waals surface area contributed by atoms with Gasteiger partial charge in [0.25, 0.3) is 5.91 Å². The van der Waals surface area contributed by atoms with Gasteiger partial charge in [-0.15, -0.1) is 0 Å². The van der Waals surface area contributed by atoms with Gasteiger partial charge in [0.2, 0.25) is 5.91 Å². The van der Waals surface area contributed by atoms with E-state index in [-0.39, 0.29) is 5.91 Å². The molecule has 0 radical (unpaired) electrons. The maximum Gasteiger partial charge on any atom is 0.252 e. The van der Waals surface area contributed by atoms with Gasteiger partial charge in [-0.2, -0.15) is 0 Å². The van der Waals surface area contributed by atoms with E-state index in [1.54, 1.807) is 4.90 Å². The number of hydrogen-bond donors (Lipinski definition) is 1. The molecule has 0 bridgehead atoms. The molecule has 1 aliphatic heterocycles. The SMILES string of the molecule is CCC(OC)C(=O)N1CCCC1C(N)=O. The standard InChI is InChI=1S/C10H18N2O3/c1-3-8(15-2)10(14)12-6-4-5-7(12)9(11)13/h7-8H,3-6H2,1-2H3,(H2,11,13). The highest BCUT2D eigenvalue weighted by Gasteiger charge is 2.35. The van der Waals surface area contributed by atoms with Crippen molar-refractivity contribution < 1.29 is 14.3 Å². The van der Waals surface area contributed by atoms with Crippen molar-refractivity contribution in [1.82, 2.24) is 4.90 Å². The number of hydrogen-bond acceptors (Lipinski definition) is 3. The van der Waals surface area contributed by atoms with Gasteiger partial charge in [-0.3, -0.25) is 9.59 Å². The van der Waals surface area contributed by atoms with Crippen LogP contribution in [0.15, 0.2) is 0 Å². The van der Waals surface area contributed by atoms with Crippen molar-refractivity contribution in [2.24, 2.45) is 5.73 Å². The summed E-state index contributed by atoms with van der Waals surface area (Å²) in [4.78, 5) is 24.6. The fourth-order valence-corrected chi connectivity index (χ4v) is 1.95. The highest BCUT2D eigenvalue weighted by atomic mass is 16.5. The van der Waals surface area contributed by atoms with Crippen LogP contribution < -0.4 is 5.73 Å². The Morgan fingerprint density at radius 1 is 1.60 bits per heavy atom. The second-order valence-corrected chi connectivity index (χ2v) is 3.72. The molecule has 15 heavy (non-hydrogen) atoms. The zero-order chi connectivity index (χ0) is 11.4. The van der Waals surface area contributed by atoms with Crippen molar-refractivity contribution in [3.8, 4) is 0 Å². The quantitative estimate of drug-likeness (QED) is 0.709. The van der Waals surface area contributed by atoms with E-state index in [0.29, 0.717) is 19.4 Å². The first-order valence-electron chi connectivity index (χ1n) is 5.24. The molecule has 1 fully saturated rings. The third kappa shape index (κ3) is 2.47. The number of methoxy groups -OCH3 is 1. The van der Waals surface area contributed by atoms with Crippen LogP contribution >= 0.6 is 0 Å². The van der Waals surface area contributed by atoms with Crippen molar-refractivity contribution >= 4 is 11.8 Å². The predicted molar refractivity (Wildman–Crippen MR) is 55.0 cm³/mol. The van der Waals surface area contributed by atoms with Gasteiger partial charge in [0.05, 0.1) is 0 Å². The van der Waals surface area contributed by atoms with E-state index in [0.717, 1.165) is 6.42 Å². The largest absolute Gasteiger partial charge is 0.372 e. The molecule has 0 aliphatic carbocycles. The minimum Gasteiger partial charge on any atom is -0.372 e. The summed E-state index contributed by atoms with van der Waals surface area (Å²) in [6.45, 7) is 2.48. The van der Waals surface area contributed by atoms with E-state index in [2.05, 4.69) is 0 Å². The molecule has 0 aromatic heterocycles. The molecule has 5 heteroatoms. The Bertz CT molecular complexity index is 251. The molecular weight excluding hydrogens is 196 g/mol. The van der Waals surface area contributed by atoms with Gasteiger partial charge in [-0.1, -0.05) is 6.92 Å². The van der Waals surface area contributed by atoms with Gasteiger partial charge in [-0.25, -0.2) is 0 Å². The van der Waals surface area contributed by atoms with Crippen LogP contribution in [-0.4, -0.2) is 42.5 Å². The molecule has 2 amide bonds. The molecule has 86 valence electrons. The first-order valence-corrected chi connectivity index (χ1v) is 5.24. The highest BCUT2D eigenvalue weighted by molar-refractivity contribution is 5.89. The summed E-state index contributed by atoms with van der Waals surface area (Å²) >= 11 is 0. The normalized spacial score (nSPS) is 22.8. The Morgan fingerprint density at radius 3 is 2.73 bits per heavy atom. The van der Waals surface area contributed by atoms with E-state index >= 15 is 0 Å². The molecule has 0 aromatic carbocycles. The Morgan fingerprint density at radius 2 is 2.27 bits per heavy atom. The molecule has 1 saturated heterocycles. The Balaban J connectivity index is 2.69.